The topological polar surface area (TPSA) is 105 Å². The first-order valence-electron chi connectivity index (χ1n) is 6.01. The van der Waals surface area contributed by atoms with Gasteiger partial charge in [0.1, 0.15) is 16.3 Å². The summed E-state index contributed by atoms with van der Waals surface area (Å²) in [6.45, 7) is 3.50. The molecule has 7 nitrogen and oxygen atoms in total. The number of nitrogens with one attached hydrogen (secondary N) is 1. The lowest BCUT2D eigenvalue weighted by atomic mass is 10.0. The van der Waals surface area contributed by atoms with E-state index in [9.17, 15) is 20.0 Å². The van der Waals surface area contributed by atoms with Crippen LogP contribution in [-0.4, -0.2) is 20.9 Å². The van der Waals surface area contributed by atoms with E-state index in [0.29, 0.717) is 5.01 Å². The number of carbonyl (C=O) groups is 1. The highest BCUT2D eigenvalue weighted by Gasteiger charge is 2.29. The number of aromatic nitrogens is 1. The highest BCUT2D eigenvalue weighted by Crippen LogP contribution is 2.26. The van der Waals surface area contributed by atoms with Crippen molar-refractivity contribution in [3.8, 4) is 5.75 Å². The van der Waals surface area contributed by atoms with E-state index in [1.165, 1.54) is 17.4 Å². The first kappa shape index (κ1) is 14.9. The molecule has 0 aliphatic heterocycles. The van der Waals surface area contributed by atoms with E-state index in [-0.39, 0.29) is 17.0 Å². The standard InChI is InChI=1S/C13H13N3O4S/c1-13(2,12-14-5-6-21-12)15-11(18)9-7-8(17)3-4-10(9)16(19)20/h3-7,17H,1-2H3,(H,15,18). The van der Waals surface area contributed by atoms with E-state index in [2.05, 4.69) is 10.3 Å². The molecule has 0 saturated heterocycles. The fourth-order valence-corrected chi connectivity index (χ4v) is 2.52. The average Bonchev–Trinajstić information content (AvgIpc) is 2.92. The quantitative estimate of drug-likeness (QED) is 0.666. The summed E-state index contributed by atoms with van der Waals surface area (Å²) >= 11 is 1.37. The van der Waals surface area contributed by atoms with Crippen molar-refractivity contribution in [3.63, 3.8) is 0 Å². The average molecular weight is 307 g/mol. The van der Waals surface area contributed by atoms with Gasteiger partial charge in [-0.25, -0.2) is 4.98 Å². The number of nitro groups is 1. The number of nitrogens with zero attached hydrogens (tertiary/aromatic N) is 2. The third kappa shape index (κ3) is 3.16. The van der Waals surface area contributed by atoms with Crippen LogP contribution in [0.1, 0.15) is 29.2 Å². The largest absolute Gasteiger partial charge is 0.508 e. The van der Waals surface area contributed by atoms with E-state index < -0.39 is 16.4 Å². The van der Waals surface area contributed by atoms with E-state index in [1.807, 2.05) is 0 Å². The molecule has 0 unspecified atom stereocenters. The second-order valence-electron chi connectivity index (χ2n) is 4.87. The number of hydrogen-bond donors (Lipinski definition) is 2. The Hall–Kier alpha value is -2.48. The van der Waals surface area contributed by atoms with Crippen LogP contribution in [0.4, 0.5) is 5.69 Å². The summed E-state index contributed by atoms with van der Waals surface area (Å²) in [5.74, 6) is -0.851. The Morgan fingerprint density at radius 2 is 2.19 bits per heavy atom. The maximum absolute atomic E-state index is 12.3. The van der Waals surface area contributed by atoms with Gasteiger partial charge in [0, 0.05) is 17.6 Å². The van der Waals surface area contributed by atoms with Gasteiger partial charge in [0.05, 0.1) is 10.5 Å². The predicted octanol–water partition coefficient (Wildman–Crippen LogP) is 2.42. The van der Waals surface area contributed by atoms with Crippen LogP contribution in [0.2, 0.25) is 0 Å². The Kier molecular flexibility index (Phi) is 3.90. The number of carbonyl (C=O) groups excluding carboxylic acids is 1. The zero-order chi connectivity index (χ0) is 15.6. The number of aromatic hydroxyl groups is 1. The molecule has 1 amide bonds. The lowest BCUT2D eigenvalue weighted by Gasteiger charge is -2.23. The van der Waals surface area contributed by atoms with Gasteiger partial charge in [-0.3, -0.25) is 14.9 Å². The summed E-state index contributed by atoms with van der Waals surface area (Å²) in [4.78, 5) is 26.7. The van der Waals surface area contributed by atoms with Crippen LogP contribution in [-0.2, 0) is 5.54 Å². The number of benzene rings is 1. The van der Waals surface area contributed by atoms with Gasteiger partial charge < -0.3 is 10.4 Å². The first-order chi connectivity index (χ1) is 9.81. The van der Waals surface area contributed by atoms with Gasteiger partial charge in [0.2, 0.25) is 0 Å². The van der Waals surface area contributed by atoms with Crippen molar-refractivity contribution in [2.24, 2.45) is 0 Å². The van der Waals surface area contributed by atoms with Crippen LogP contribution in [0.3, 0.4) is 0 Å². The number of phenolic OH excluding ortho intramolecular Hbond substituents is 1. The maximum atomic E-state index is 12.3. The molecule has 2 rings (SSSR count). The zero-order valence-electron chi connectivity index (χ0n) is 11.4. The van der Waals surface area contributed by atoms with Crippen molar-refractivity contribution < 1.29 is 14.8 Å². The molecule has 0 saturated carbocycles. The third-order valence-corrected chi connectivity index (χ3v) is 3.91. The molecule has 0 fully saturated rings. The molecule has 8 heteroatoms. The van der Waals surface area contributed by atoms with Crippen molar-refractivity contribution in [2.45, 2.75) is 19.4 Å². The Morgan fingerprint density at radius 3 is 2.76 bits per heavy atom. The van der Waals surface area contributed by atoms with Crippen LogP contribution in [0, 0.1) is 10.1 Å². The van der Waals surface area contributed by atoms with E-state index >= 15 is 0 Å². The Bertz CT molecular complexity index is 683. The Labute approximate surface area is 124 Å². The van der Waals surface area contributed by atoms with Gasteiger partial charge in [-0.15, -0.1) is 11.3 Å². The smallest absolute Gasteiger partial charge is 0.282 e. The summed E-state index contributed by atoms with van der Waals surface area (Å²) < 4.78 is 0. The van der Waals surface area contributed by atoms with Gasteiger partial charge >= 0.3 is 0 Å². The Morgan fingerprint density at radius 1 is 1.48 bits per heavy atom. The van der Waals surface area contributed by atoms with Crippen molar-refractivity contribution in [2.75, 3.05) is 0 Å². The van der Waals surface area contributed by atoms with Crippen LogP contribution in [0.5, 0.6) is 5.75 Å². The summed E-state index contributed by atoms with van der Waals surface area (Å²) in [6.07, 6.45) is 1.62. The maximum Gasteiger partial charge on any atom is 0.282 e. The van der Waals surface area contributed by atoms with Crippen LogP contribution < -0.4 is 5.32 Å². The van der Waals surface area contributed by atoms with Gasteiger partial charge in [-0.05, 0) is 26.0 Å². The number of nitro benzene ring substituents is 1. The molecule has 1 aromatic carbocycles. The molecular weight excluding hydrogens is 294 g/mol. The SMILES string of the molecule is CC(C)(NC(=O)c1cc(O)ccc1[N+](=O)[O-])c1nccs1. The third-order valence-electron chi connectivity index (χ3n) is 2.81. The molecule has 110 valence electrons. The van der Waals surface area contributed by atoms with E-state index in [4.69, 9.17) is 0 Å². The molecule has 0 spiro atoms. The molecule has 0 bridgehead atoms. The van der Waals surface area contributed by atoms with Crippen LogP contribution in [0.25, 0.3) is 0 Å². The zero-order valence-corrected chi connectivity index (χ0v) is 12.2. The number of hydrogen-bond acceptors (Lipinski definition) is 6. The summed E-state index contributed by atoms with van der Waals surface area (Å²) in [5.41, 5.74) is -1.32. The molecule has 0 atom stereocenters. The van der Waals surface area contributed by atoms with Gasteiger partial charge in [-0.2, -0.15) is 0 Å². The summed E-state index contributed by atoms with van der Waals surface area (Å²) in [7, 11) is 0. The highest BCUT2D eigenvalue weighted by molar-refractivity contribution is 7.09. The highest BCUT2D eigenvalue weighted by atomic mass is 32.1. The van der Waals surface area contributed by atoms with Gasteiger partial charge in [0.15, 0.2) is 0 Å². The second-order valence-corrected chi connectivity index (χ2v) is 5.77. The minimum Gasteiger partial charge on any atom is -0.508 e. The summed E-state index contributed by atoms with van der Waals surface area (Å²) in [5, 5.41) is 25.6. The number of thiazole rings is 1. The molecule has 0 aliphatic rings. The molecule has 0 aliphatic carbocycles. The Balaban J connectivity index is 2.33. The number of rotatable bonds is 4. The first-order valence-corrected chi connectivity index (χ1v) is 6.89. The van der Waals surface area contributed by atoms with Crippen molar-refractivity contribution in [1.29, 1.82) is 0 Å². The lowest BCUT2D eigenvalue weighted by Crippen LogP contribution is -2.41. The van der Waals surface area contributed by atoms with E-state index in [1.54, 1.807) is 25.4 Å². The number of amides is 1. The molecule has 2 aromatic rings. The normalized spacial score (nSPS) is 11.1. The van der Waals surface area contributed by atoms with Gasteiger partial charge in [0.25, 0.3) is 11.6 Å². The van der Waals surface area contributed by atoms with Crippen molar-refractivity contribution >= 4 is 22.9 Å². The van der Waals surface area contributed by atoms with Crippen molar-refractivity contribution in [1.82, 2.24) is 10.3 Å². The molecule has 0 radical (unpaired) electrons. The molecule has 1 heterocycles. The second kappa shape index (κ2) is 5.49. The van der Waals surface area contributed by atoms with E-state index in [0.717, 1.165) is 12.1 Å². The van der Waals surface area contributed by atoms with Gasteiger partial charge in [-0.1, -0.05) is 0 Å². The van der Waals surface area contributed by atoms with Crippen molar-refractivity contribution in [3.05, 3.63) is 50.5 Å². The summed E-state index contributed by atoms with van der Waals surface area (Å²) in [6, 6.07) is 3.34. The minimum atomic E-state index is -0.773. The van der Waals surface area contributed by atoms with Crippen LogP contribution >= 0.6 is 11.3 Å². The minimum absolute atomic E-state index is 0.190. The number of phenols is 1. The lowest BCUT2D eigenvalue weighted by molar-refractivity contribution is -0.385. The molecular formula is C13H13N3O4S. The molecule has 21 heavy (non-hydrogen) atoms. The molecule has 1 aromatic heterocycles. The predicted molar refractivity (Wildman–Crippen MR) is 77.4 cm³/mol. The monoisotopic (exact) mass is 307 g/mol. The molecule has 2 N–H and O–H groups in total. The fraction of sp³-hybridized carbons (Fsp3) is 0.231. The fourth-order valence-electron chi connectivity index (χ4n) is 1.80. The van der Waals surface area contributed by atoms with Crippen LogP contribution in [0.15, 0.2) is 29.8 Å².